The van der Waals surface area contributed by atoms with Crippen LogP contribution in [-0.4, -0.2) is 21.4 Å². The Morgan fingerprint density at radius 2 is 1.66 bits per heavy atom. The number of benzene rings is 3. The lowest BCUT2D eigenvalue weighted by Crippen LogP contribution is -2.15. The van der Waals surface area contributed by atoms with Crippen LogP contribution >= 0.6 is 23.2 Å². The Hall–Kier alpha value is -2.74. The van der Waals surface area contributed by atoms with E-state index in [0.29, 0.717) is 16.5 Å². The molecule has 0 aliphatic rings. The predicted molar refractivity (Wildman–Crippen MR) is 115 cm³/mol. The summed E-state index contributed by atoms with van der Waals surface area (Å²) in [5, 5.41) is 3.21. The first-order valence-corrected chi connectivity index (χ1v) is 10.6. The van der Waals surface area contributed by atoms with Crippen molar-refractivity contribution in [2.75, 3.05) is 17.1 Å². The summed E-state index contributed by atoms with van der Waals surface area (Å²) in [6, 6.07) is 17.0. The van der Waals surface area contributed by atoms with E-state index >= 15 is 0 Å². The molecule has 0 atom stereocenters. The van der Waals surface area contributed by atoms with Crippen molar-refractivity contribution in [1.29, 1.82) is 0 Å². The van der Waals surface area contributed by atoms with E-state index in [1.807, 2.05) is 0 Å². The minimum atomic E-state index is -3.80. The second-order valence-corrected chi connectivity index (χ2v) is 8.44. The van der Waals surface area contributed by atoms with Crippen LogP contribution in [0.3, 0.4) is 0 Å². The highest BCUT2D eigenvalue weighted by molar-refractivity contribution is 7.92. The first kappa shape index (κ1) is 21.0. The minimum absolute atomic E-state index is 0.0789. The Morgan fingerprint density at radius 3 is 2.31 bits per heavy atom. The molecule has 2 N–H and O–H groups in total. The van der Waals surface area contributed by atoms with Gasteiger partial charge in [-0.05, 0) is 48.5 Å². The highest BCUT2D eigenvalue weighted by atomic mass is 35.5. The van der Waals surface area contributed by atoms with Gasteiger partial charge >= 0.3 is 0 Å². The number of sulfonamides is 1. The number of rotatable bonds is 6. The zero-order valence-electron chi connectivity index (χ0n) is 15.1. The zero-order chi connectivity index (χ0) is 21.0. The summed E-state index contributed by atoms with van der Waals surface area (Å²) >= 11 is 12.2. The van der Waals surface area contributed by atoms with E-state index < -0.39 is 15.9 Å². The molecule has 0 unspecified atom stereocenters. The highest BCUT2D eigenvalue weighted by Crippen LogP contribution is 2.29. The molecular formula is C20H16Cl2N2O4S. The van der Waals surface area contributed by atoms with Crippen molar-refractivity contribution in [3.8, 4) is 5.75 Å². The number of anilines is 2. The molecule has 6 nitrogen and oxygen atoms in total. The molecule has 0 heterocycles. The standard InChI is InChI=1S/C20H16Cl2N2O4S/c1-28-19-10-8-14(21)12-18(19)23-20(25)13-7-9-17(16(22)11-13)24-29(26,27)15-5-3-2-4-6-15/h2-12,24H,1H3,(H,23,25). The van der Waals surface area contributed by atoms with Gasteiger partial charge in [0, 0.05) is 10.6 Å². The van der Waals surface area contributed by atoms with Crippen molar-refractivity contribution in [1.82, 2.24) is 0 Å². The van der Waals surface area contributed by atoms with Gasteiger partial charge in [0.25, 0.3) is 15.9 Å². The largest absolute Gasteiger partial charge is 0.495 e. The van der Waals surface area contributed by atoms with E-state index in [4.69, 9.17) is 27.9 Å². The molecule has 0 radical (unpaired) electrons. The maximum atomic E-state index is 12.6. The maximum absolute atomic E-state index is 12.6. The lowest BCUT2D eigenvalue weighted by atomic mass is 10.2. The Morgan fingerprint density at radius 1 is 0.931 bits per heavy atom. The third kappa shape index (κ3) is 5.00. The summed E-state index contributed by atoms with van der Waals surface area (Å²) in [7, 11) is -2.32. The van der Waals surface area contributed by atoms with Crippen molar-refractivity contribution < 1.29 is 17.9 Å². The average molecular weight is 451 g/mol. The van der Waals surface area contributed by atoms with E-state index in [-0.39, 0.29) is 21.2 Å². The van der Waals surface area contributed by atoms with Crippen LogP contribution in [-0.2, 0) is 10.0 Å². The lowest BCUT2D eigenvalue weighted by molar-refractivity contribution is 0.102. The van der Waals surface area contributed by atoms with Crippen molar-refractivity contribution in [2.24, 2.45) is 0 Å². The van der Waals surface area contributed by atoms with Crippen molar-refractivity contribution in [3.63, 3.8) is 0 Å². The van der Waals surface area contributed by atoms with E-state index in [9.17, 15) is 13.2 Å². The topological polar surface area (TPSA) is 84.5 Å². The Bertz CT molecular complexity index is 1150. The lowest BCUT2D eigenvalue weighted by Gasteiger charge is -2.12. The molecule has 9 heteroatoms. The van der Waals surface area contributed by atoms with Gasteiger partial charge in [-0.25, -0.2) is 8.42 Å². The molecule has 0 saturated heterocycles. The first-order chi connectivity index (χ1) is 13.8. The van der Waals surface area contributed by atoms with Crippen LogP contribution in [0.1, 0.15) is 10.4 Å². The summed E-state index contributed by atoms with van der Waals surface area (Å²) in [5.74, 6) is -0.00831. The minimum Gasteiger partial charge on any atom is -0.495 e. The van der Waals surface area contributed by atoms with Gasteiger partial charge < -0.3 is 10.1 Å². The van der Waals surface area contributed by atoms with Gasteiger partial charge in [0.1, 0.15) is 5.75 Å². The second-order valence-electron chi connectivity index (χ2n) is 5.91. The van der Waals surface area contributed by atoms with E-state index in [2.05, 4.69) is 10.0 Å². The van der Waals surface area contributed by atoms with Crippen LogP contribution in [0.5, 0.6) is 5.75 Å². The molecular weight excluding hydrogens is 435 g/mol. The van der Waals surface area contributed by atoms with Crippen LogP contribution in [0.15, 0.2) is 71.6 Å². The molecule has 0 aliphatic heterocycles. The SMILES string of the molecule is COc1ccc(Cl)cc1NC(=O)c1ccc(NS(=O)(=O)c2ccccc2)c(Cl)c1. The second kappa shape index (κ2) is 8.73. The molecule has 3 rings (SSSR count). The summed E-state index contributed by atoms with van der Waals surface area (Å²) in [6.07, 6.45) is 0. The van der Waals surface area contributed by atoms with Gasteiger partial charge in [-0.15, -0.1) is 0 Å². The summed E-state index contributed by atoms with van der Waals surface area (Å²) in [4.78, 5) is 12.7. The van der Waals surface area contributed by atoms with E-state index in [1.165, 1.54) is 37.4 Å². The normalized spacial score (nSPS) is 11.0. The van der Waals surface area contributed by atoms with Crippen LogP contribution in [0.2, 0.25) is 10.0 Å². The van der Waals surface area contributed by atoms with Crippen LogP contribution in [0, 0.1) is 0 Å². The molecule has 29 heavy (non-hydrogen) atoms. The van der Waals surface area contributed by atoms with Gasteiger partial charge in [0.05, 0.1) is 28.4 Å². The fourth-order valence-corrected chi connectivity index (χ4v) is 4.07. The maximum Gasteiger partial charge on any atom is 0.261 e. The molecule has 150 valence electrons. The molecule has 3 aromatic rings. The number of amides is 1. The van der Waals surface area contributed by atoms with Gasteiger partial charge in [0.15, 0.2) is 0 Å². The first-order valence-electron chi connectivity index (χ1n) is 8.32. The van der Waals surface area contributed by atoms with Crippen molar-refractivity contribution in [2.45, 2.75) is 4.90 Å². The molecule has 1 amide bonds. The number of halogens is 2. The van der Waals surface area contributed by atoms with Crippen molar-refractivity contribution in [3.05, 3.63) is 82.3 Å². The molecule has 0 bridgehead atoms. The van der Waals surface area contributed by atoms with E-state index in [0.717, 1.165) is 0 Å². The molecule has 0 aromatic heterocycles. The average Bonchev–Trinajstić information content (AvgIpc) is 2.70. The van der Waals surface area contributed by atoms with E-state index in [1.54, 1.807) is 36.4 Å². The quantitative estimate of drug-likeness (QED) is 0.549. The summed E-state index contributed by atoms with van der Waals surface area (Å²) in [6.45, 7) is 0. The summed E-state index contributed by atoms with van der Waals surface area (Å²) in [5.41, 5.74) is 0.794. The number of methoxy groups -OCH3 is 1. The number of carbonyl (C=O) groups excluding carboxylic acids is 1. The third-order valence-electron chi connectivity index (χ3n) is 3.94. The Labute approximate surface area is 178 Å². The molecule has 0 fully saturated rings. The Kier molecular flexibility index (Phi) is 6.32. The van der Waals surface area contributed by atoms with Crippen LogP contribution in [0.25, 0.3) is 0 Å². The zero-order valence-corrected chi connectivity index (χ0v) is 17.5. The van der Waals surface area contributed by atoms with Gasteiger partial charge in [-0.2, -0.15) is 0 Å². The van der Waals surface area contributed by atoms with Gasteiger partial charge in [-0.1, -0.05) is 41.4 Å². The van der Waals surface area contributed by atoms with Crippen molar-refractivity contribution >= 4 is 50.5 Å². The number of hydrogen-bond donors (Lipinski definition) is 2. The van der Waals surface area contributed by atoms with Crippen LogP contribution < -0.4 is 14.8 Å². The monoisotopic (exact) mass is 450 g/mol. The fourth-order valence-electron chi connectivity index (χ4n) is 2.51. The smallest absolute Gasteiger partial charge is 0.261 e. The summed E-state index contributed by atoms with van der Waals surface area (Å²) < 4.78 is 32.5. The molecule has 3 aromatic carbocycles. The number of carbonyl (C=O) groups is 1. The molecule has 0 saturated carbocycles. The number of hydrogen-bond acceptors (Lipinski definition) is 4. The van der Waals surface area contributed by atoms with Crippen LogP contribution in [0.4, 0.5) is 11.4 Å². The van der Waals surface area contributed by atoms with Gasteiger partial charge in [0.2, 0.25) is 0 Å². The highest BCUT2D eigenvalue weighted by Gasteiger charge is 2.17. The third-order valence-corrected chi connectivity index (χ3v) is 5.87. The fraction of sp³-hybridized carbons (Fsp3) is 0.0500. The van der Waals surface area contributed by atoms with Gasteiger partial charge in [-0.3, -0.25) is 9.52 Å². The Balaban J connectivity index is 1.81. The number of nitrogens with one attached hydrogen (secondary N) is 2. The molecule has 0 spiro atoms. The molecule has 0 aliphatic carbocycles. The number of ether oxygens (including phenoxy) is 1. The predicted octanol–water partition coefficient (Wildman–Crippen LogP) is 5.06.